The molecule has 8 nitrogen and oxygen atoms in total. The molecule has 18 heavy (non-hydrogen) atoms. The Bertz CT molecular complexity index is 574. The SMILES string of the molecule is N#Cc1ccnc(NC2(C(=O)O)CC2)c1[N+](=O)[O-]. The molecule has 0 bridgehead atoms. The number of rotatable bonds is 4. The van der Waals surface area contributed by atoms with E-state index in [2.05, 4.69) is 10.3 Å². The number of carbonyl (C=O) groups is 1. The van der Waals surface area contributed by atoms with Gasteiger partial charge < -0.3 is 10.4 Å². The minimum absolute atomic E-state index is 0.154. The topological polar surface area (TPSA) is 129 Å². The van der Waals surface area contributed by atoms with E-state index in [1.807, 2.05) is 0 Å². The first kappa shape index (κ1) is 11.8. The van der Waals surface area contributed by atoms with Crippen molar-refractivity contribution in [3.05, 3.63) is 27.9 Å². The van der Waals surface area contributed by atoms with Crippen LogP contribution in [0.2, 0.25) is 0 Å². The number of hydrogen-bond acceptors (Lipinski definition) is 6. The lowest BCUT2D eigenvalue weighted by molar-refractivity contribution is -0.384. The lowest BCUT2D eigenvalue weighted by Crippen LogP contribution is -2.32. The third-order valence-electron chi connectivity index (χ3n) is 2.74. The molecular formula is C10H8N4O4. The number of carboxylic acids is 1. The molecule has 92 valence electrons. The fraction of sp³-hybridized carbons (Fsp3) is 0.300. The van der Waals surface area contributed by atoms with E-state index in [1.165, 1.54) is 12.3 Å². The van der Waals surface area contributed by atoms with Crippen LogP contribution in [0.3, 0.4) is 0 Å². The smallest absolute Gasteiger partial charge is 0.329 e. The number of hydrogen-bond donors (Lipinski definition) is 2. The predicted octanol–water partition coefficient (Wildman–Crippen LogP) is 0.891. The van der Waals surface area contributed by atoms with Crippen LogP contribution in [0.4, 0.5) is 11.5 Å². The fourth-order valence-corrected chi connectivity index (χ4v) is 1.56. The molecule has 0 spiro atoms. The maximum atomic E-state index is 11.0. The highest BCUT2D eigenvalue weighted by Crippen LogP contribution is 2.41. The number of aromatic nitrogens is 1. The molecule has 1 saturated carbocycles. The van der Waals surface area contributed by atoms with Crippen molar-refractivity contribution in [1.82, 2.24) is 4.98 Å². The van der Waals surface area contributed by atoms with Crippen LogP contribution in [-0.2, 0) is 4.79 Å². The van der Waals surface area contributed by atoms with Gasteiger partial charge in [-0.1, -0.05) is 0 Å². The van der Waals surface area contributed by atoms with E-state index in [1.54, 1.807) is 6.07 Å². The van der Waals surface area contributed by atoms with Gasteiger partial charge in [-0.2, -0.15) is 5.26 Å². The minimum Gasteiger partial charge on any atom is -0.480 e. The van der Waals surface area contributed by atoms with Crippen LogP contribution in [0.25, 0.3) is 0 Å². The third kappa shape index (κ3) is 1.82. The predicted molar refractivity (Wildman–Crippen MR) is 58.8 cm³/mol. The largest absolute Gasteiger partial charge is 0.480 e. The van der Waals surface area contributed by atoms with Crippen LogP contribution in [-0.4, -0.2) is 26.5 Å². The first-order valence-electron chi connectivity index (χ1n) is 5.05. The van der Waals surface area contributed by atoms with Crippen molar-refractivity contribution in [1.29, 1.82) is 5.26 Å². The zero-order valence-electron chi connectivity index (χ0n) is 9.08. The van der Waals surface area contributed by atoms with Crippen LogP contribution in [0.1, 0.15) is 18.4 Å². The van der Waals surface area contributed by atoms with Gasteiger partial charge in [0.25, 0.3) is 0 Å². The fourth-order valence-electron chi connectivity index (χ4n) is 1.56. The Morgan fingerprint density at radius 3 is 2.78 bits per heavy atom. The van der Waals surface area contributed by atoms with Crippen molar-refractivity contribution in [3.8, 4) is 6.07 Å². The van der Waals surface area contributed by atoms with Gasteiger partial charge in [-0.15, -0.1) is 0 Å². The summed E-state index contributed by atoms with van der Waals surface area (Å²) in [6.45, 7) is 0. The summed E-state index contributed by atoms with van der Waals surface area (Å²) in [7, 11) is 0. The van der Waals surface area contributed by atoms with Crippen LogP contribution in [0.5, 0.6) is 0 Å². The molecule has 1 heterocycles. The molecule has 0 aliphatic heterocycles. The Kier molecular flexibility index (Phi) is 2.59. The van der Waals surface area contributed by atoms with Gasteiger partial charge in [0.1, 0.15) is 17.2 Å². The lowest BCUT2D eigenvalue weighted by atomic mass is 10.2. The van der Waals surface area contributed by atoms with Gasteiger partial charge in [0, 0.05) is 6.20 Å². The molecule has 1 aromatic rings. The maximum absolute atomic E-state index is 11.0. The van der Waals surface area contributed by atoms with E-state index >= 15 is 0 Å². The Morgan fingerprint density at radius 1 is 1.67 bits per heavy atom. The summed E-state index contributed by atoms with van der Waals surface area (Å²) in [4.78, 5) is 24.9. The summed E-state index contributed by atoms with van der Waals surface area (Å²) in [5, 5.41) is 31.2. The molecular weight excluding hydrogens is 240 g/mol. The number of pyridine rings is 1. The van der Waals surface area contributed by atoms with E-state index in [0.717, 1.165) is 0 Å². The summed E-state index contributed by atoms with van der Waals surface area (Å²) >= 11 is 0. The normalized spacial score (nSPS) is 15.5. The zero-order valence-corrected chi connectivity index (χ0v) is 9.08. The molecule has 2 N–H and O–H groups in total. The van der Waals surface area contributed by atoms with Crippen molar-refractivity contribution >= 4 is 17.5 Å². The second kappa shape index (κ2) is 3.96. The molecule has 1 aliphatic carbocycles. The van der Waals surface area contributed by atoms with Crippen LogP contribution < -0.4 is 5.32 Å². The minimum atomic E-state index is -1.19. The molecule has 0 aromatic carbocycles. The molecule has 8 heteroatoms. The number of anilines is 1. The van der Waals surface area contributed by atoms with E-state index in [4.69, 9.17) is 10.4 Å². The summed E-state index contributed by atoms with van der Waals surface area (Å²) in [5.74, 6) is -1.26. The van der Waals surface area contributed by atoms with Crippen LogP contribution >= 0.6 is 0 Å². The van der Waals surface area contributed by atoms with Crippen molar-refractivity contribution in [2.75, 3.05) is 5.32 Å². The van der Waals surface area contributed by atoms with Crippen LogP contribution in [0, 0.1) is 21.4 Å². The number of nitrogens with one attached hydrogen (secondary N) is 1. The Morgan fingerprint density at radius 2 is 2.33 bits per heavy atom. The Labute approximate surface area is 101 Å². The molecule has 1 aromatic heterocycles. The van der Waals surface area contributed by atoms with E-state index in [9.17, 15) is 14.9 Å². The van der Waals surface area contributed by atoms with Gasteiger partial charge in [0.05, 0.1) is 4.92 Å². The van der Waals surface area contributed by atoms with Gasteiger partial charge in [-0.05, 0) is 18.9 Å². The highest BCUT2D eigenvalue weighted by Gasteiger charge is 2.51. The average Bonchev–Trinajstić information content (AvgIpc) is 3.09. The van der Waals surface area contributed by atoms with E-state index in [-0.39, 0.29) is 11.4 Å². The van der Waals surface area contributed by atoms with Crippen molar-refractivity contribution < 1.29 is 14.8 Å². The molecule has 0 atom stereocenters. The van der Waals surface area contributed by atoms with Gasteiger partial charge in [-0.25, -0.2) is 9.78 Å². The number of nitriles is 1. The monoisotopic (exact) mass is 248 g/mol. The Hall–Kier alpha value is -2.69. The summed E-state index contributed by atoms with van der Waals surface area (Å²) in [5.41, 5.74) is -1.84. The standard InChI is InChI=1S/C10H8N4O4/c11-5-6-1-4-12-8(7(6)14(17)18)13-10(2-3-10)9(15)16/h1,4H,2-3H2,(H,12,13)(H,15,16). The molecule has 0 unspecified atom stereocenters. The highest BCUT2D eigenvalue weighted by atomic mass is 16.6. The first-order chi connectivity index (χ1) is 8.50. The zero-order chi connectivity index (χ0) is 13.3. The first-order valence-corrected chi connectivity index (χ1v) is 5.05. The van der Waals surface area contributed by atoms with Crippen LogP contribution in [0.15, 0.2) is 12.3 Å². The van der Waals surface area contributed by atoms with E-state index in [0.29, 0.717) is 12.8 Å². The number of nitrogens with zero attached hydrogens (tertiary/aromatic N) is 3. The van der Waals surface area contributed by atoms with Gasteiger partial charge >= 0.3 is 11.7 Å². The number of nitro groups is 1. The average molecular weight is 248 g/mol. The molecule has 1 fully saturated rings. The molecule has 1 aliphatic rings. The van der Waals surface area contributed by atoms with Gasteiger partial charge in [0.2, 0.25) is 5.82 Å². The highest BCUT2D eigenvalue weighted by molar-refractivity contribution is 5.87. The third-order valence-corrected chi connectivity index (χ3v) is 2.74. The number of aliphatic carboxylic acids is 1. The van der Waals surface area contributed by atoms with Crippen molar-refractivity contribution in [2.24, 2.45) is 0 Å². The molecule has 0 radical (unpaired) electrons. The summed E-state index contributed by atoms with van der Waals surface area (Å²) in [6, 6.07) is 2.90. The quantitative estimate of drug-likeness (QED) is 0.597. The Balaban J connectivity index is 2.43. The molecule has 0 saturated heterocycles. The maximum Gasteiger partial charge on any atom is 0.329 e. The summed E-state index contributed by atoms with van der Waals surface area (Å²) in [6.07, 6.45) is 1.97. The second-order valence-corrected chi connectivity index (χ2v) is 3.94. The van der Waals surface area contributed by atoms with Gasteiger partial charge in [0.15, 0.2) is 0 Å². The molecule has 0 amide bonds. The number of carboxylic acid groups (broad SMARTS) is 1. The van der Waals surface area contributed by atoms with E-state index < -0.39 is 22.1 Å². The second-order valence-electron chi connectivity index (χ2n) is 3.94. The van der Waals surface area contributed by atoms with Gasteiger partial charge in [-0.3, -0.25) is 10.1 Å². The van der Waals surface area contributed by atoms with Crippen molar-refractivity contribution in [2.45, 2.75) is 18.4 Å². The van der Waals surface area contributed by atoms with Crippen molar-refractivity contribution in [3.63, 3.8) is 0 Å². The molecule has 2 rings (SSSR count). The summed E-state index contributed by atoms with van der Waals surface area (Å²) < 4.78 is 0. The lowest BCUT2D eigenvalue weighted by Gasteiger charge is -2.13.